The normalized spacial score (nSPS) is 17.2. The molecule has 2 N–H and O–H groups in total. The fourth-order valence-electron chi connectivity index (χ4n) is 5.25. The lowest BCUT2D eigenvalue weighted by Crippen LogP contribution is -2.51. The largest absolute Gasteiger partial charge is 0.480 e. The van der Waals surface area contributed by atoms with E-state index in [1.807, 2.05) is 54.6 Å². The van der Waals surface area contributed by atoms with Crippen LogP contribution in [0.4, 0.5) is 4.79 Å². The Morgan fingerprint density at radius 3 is 2.17 bits per heavy atom. The number of ether oxygens (including phenoxy) is 1. The van der Waals surface area contributed by atoms with E-state index >= 15 is 0 Å². The number of carboxylic acids is 1. The number of benzene rings is 3. The number of nitrogens with zero attached hydrogens (tertiary/aromatic N) is 1. The quantitative estimate of drug-likeness (QED) is 0.524. The lowest BCUT2D eigenvalue weighted by molar-refractivity contribution is -0.142. The predicted molar refractivity (Wildman–Crippen MR) is 135 cm³/mol. The van der Waals surface area contributed by atoms with E-state index in [0.29, 0.717) is 19.4 Å². The Balaban J connectivity index is 1.24. The molecule has 1 fully saturated rings. The van der Waals surface area contributed by atoms with E-state index in [0.717, 1.165) is 27.8 Å². The van der Waals surface area contributed by atoms with Gasteiger partial charge in [-0.1, -0.05) is 78.9 Å². The third kappa shape index (κ3) is 4.69. The molecule has 2 atom stereocenters. The van der Waals surface area contributed by atoms with E-state index in [4.69, 9.17) is 4.74 Å². The first kappa shape index (κ1) is 23.6. The summed E-state index contributed by atoms with van der Waals surface area (Å²) in [5.41, 5.74) is 5.33. The molecule has 184 valence electrons. The highest BCUT2D eigenvalue weighted by molar-refractivity contribution is 5.90. The molecule has 0 aromatic heterocycles. The van der Waals surface area contributed by atoms with Crippen LogP contribution in [0.2, 0.25) is 0 Å². The average Bonchev–Trinajstić information content (AvgIpc) is 3.51. The molecule has 7 nitrogen and oxygen atoms in total. The van der Waals surface area contributed by atoms with E-state index in [9.17, 15) is 19.5 Å². The number of hydrogen-bond donors (Lipinski definition) is 2. The van der Waals surface area contributed by atoms with Gasteiger partial charge >= 0.3 is 12.1 Å². The highest BCUT2D eigenvalue weighted by Gasteiger charge is 2.38. The zero-order valence-corrected chi connectivity index (χ0v) is 19.8. The van der Waals surface area contributed by atoms with Gasteiger partial charge in [0.2, 0.25) is 5.91 Å². The lowest BCUT2D eigenvalue weighted by atomic mass is 9.98. The number of carbonyl (C=O) groups is 3. The molecule has 36 heavy (non-hydrogen) atoms. The van der Waals surface area contributed by atoms with Gasteiger partial charge in [-0.05, 0) is 40.7 Å². The van der Waals surface area contributed by atoms with Gasteiger partial charge in [-0.15, -0.1) is 0 Å². The van der Waals surface area contributed by atoms with Gasteiger partial charge in [0.15, 0.2) is 0 Å². The Hall–Kier alpha value is -4.13. The second kappa shape index (κ2) is 10.2. The number of amides is 2. The molecule has 2 amide bonds. The van der Waals surface area contributed by atoms with E-state index in [-0.39, 0.29) is 18.9 Å². The Morgan fingerprint density at radius 2 is 1.53 bits per heavy atom. The van der Waals surface area contributed by atoms with Crippen molar-refractivity contribution < 1.29 is 24.2 Å². The van der Waals surface area contributed by atoms with Gasteiger partial charge in [-0.25, -0.2) is 9.59 Å². The number of carbonyl (C=O) groups excluding carboxylic acids is 2. The van der Waals surface area contributed by atoms with Crippen LogP contribution in [0.1, 0.15) is 35.4 Å². The minimum Gasteiger partial charge on any atom is -0.480 e. The maximum atomic E-state index is 13.1. The van der Waals surface area contributed by atoms with Crippen LogP contribution in [0.3, 0.4) is 0 Å². The van der Waals surface area contributed by atoms with Crippen molar-refractivity contribution in [1.29, 1.82) is 0 Å². The topological polar surface area (TPSA) is 95.9 Å². The third-order valence-corrected chi connectivity index (χ3v) is 7.02. The monoisotopic (exact) mass is 484 g/mol. The summed E-state index contributed by atoms with van der Waals surface area (Å²) in [5, 5.41) is 12.3. The number of fused-ring (bicyclic) bond motifs is 3. The highest BCUT2D eigenvalue weighted by Crippen LogP contribution is 2.44. The molecule has 3 aromatic carbocycles. The summed E-state index contributed by atoms with van der Waals surface area (Å²) in [6.07, 6.45) is 0.732. The molecule has 1 saturated heterocycles. The summed E-state index contributed by atoms with van der Waals surface area (Å²) in [6.45, 7) is 0.564. The first-order valence-electron chi connectivity index (χ1n) is 12.2. The molecule has 1 heterocycles. The van der Waals surface area contributed by atoms with Crippen molar-refractivity contribution >= 4 is 18.0 Å². The predicted octanol–water partition coefficient (Wildman–Crippen LogP) is 4.21. The number of rotatable bonds is 7. The van der Waals surface area contributed by atoms with E-state index < -0.39 is 30.1 Å². The first-order valence-corrected chi connectivity index (χ1v) is 12.2. The number of aliphatic carboxylic acids is 1. The SMILES string of the molecule is O=C(N[C@H](Cc1ccccc1)C(=O)O)[C@H]1CCCN1C(=O)OCC1c2ccccc2-c2ccccc21. The van der Waals surface area contributed by atoms with Crippen LogP contribution in [0.5, 0.6) is 0 Å². The Morgan fingerprint density at radius 1 is 0.917 bits per heavy atom. The number of nitrogens with one attached hydrogen (secondary N) is 1. The maximum absolute atomic E-state index is 13.1. The number of hydrogen-bond acceptors (Lipinski definition) is 4. The molecule has 1 aliphatic carbocycles. The lowest BCUT2D eigenvalue weighted by Gasteiger charge is -2.26. The van der Waals surface area contributed by atoms with Crippen molar-refractivity contribution in [3.8, 4) is 11.1 Å². The second-order valence-corrected chi connectivity index (χ2v) is 9.24. The first-order chi connectivity index (χ1) is 17.5. The summed E-state index contributed by atoms with van der Waals surface area (Å²) in [6, 6.07) is 23.5. The molecule has 0 bridgehead atoms. The van der Waals surface area contributed by atoms with Crippen LogP contribution in [0.15, 0.2) is 78.9 Å². The second-order valence-electron chi connectivity index (χ2n) is 9.24. The molecule has 0 spiro atoms. The van der Waals surface area contributed by atoms with Crippen LogP contribution in [-0.2, 0) is 20.7 Å². The average molecular weight is 485 g/mol. The fourth-order valence-corrected chi connectivity index (χ4v) is 5.25. The van der Waals surface area contributed by atoms with Gasteiger partial charge in [0, 0.05) is 18.9 Å². The van der Waals surface area contributed by atoms with Crippen LogP contribution in [-0.4, -0.2) is 53.2 Å². The van der Waals surface area contributed by atoms with Crippen LogP contribution >= 0.6 is 0 Å². The van der Waals surface area contributed by atoms with Crippen molar-refractivity contribution in [2.24, 2.45) is 0 Å². The molecule has 0 unspecified atom stereocenters. The molecule has 5 rings (SSSR count). The van der Waals surface area contributed by atoms with Gasteiger partial charge in [0.05, 0.1) is 0 Å². The minimum absolute atomic E-state index is 0.0708. The molecule has 0 radical (unpaired) electrons. The molecule has 7 heteroatoms. The molecular weight excluding hydrogens is 456 g/mol. The Kier molecular flexibility index (Phi) is 6.71. The molecule has 0 saturated carbocycles. The van der Waals surface area contributed by atoms with E-state index in [1.165, 1.54) is 4.90 Å². The Bertz CT molecular complexity index is 1230. The smallest absolute Gasteiger partial charge is 0.410 e. The number of likely N-dealkylation sites (tertiary alicyclic amines) is 1. The minimum atomic E-state index is -1.11. The van der Waals surface area contributed by atoms with Crippen molar-refractivity contribution in [2.45, 2.75) is 37.3 Å². The van der Waals surface area contributed by atoms with Crippen molar-refractivity contribution in [3.05, 3.63) is 95.6 Å². The summed E-state index contributed by atoms with van der Waals surface area (Å²) in [7, 11) is 0. The zero-order chi connectivity index (χ0) is 25.1. The number of carboxylic acid groups (broad SMARTS) is 1. The molecular formula is C29H28N2O5. The summed E-state index contributed by atoms with van der Waals surface area (Å²) in [4.78, 5) is 39.3. The standard InChI is InChI=1S/C29H28N2O5/c32-27(30-25(28(33)34)17-19-9-2-1-3-10-19)26-15-8-16-31(26)29(35)36-18-24-22-13-6-4-11-20(22)21-12-5-7-14-23(21)24/h1-7,9-14,24-26H,8,15-18H2,(H,30,32)(H,33,34)/t25-,26-/m1/s1. The third-order valence-electron chi connectivity index (χ3n) is 7.02. The van der Waals surface area contributed by atoms with Crippen LogP contribution in [0, 0.1) is 0 Å². The van der Waals surface area contributed by atoms with Crippen molar-refractivity contribution in [3.63, 3.8) is 0 Å². The van der Waals surface area contributed by atoms with Gasteiger partial charge in [0.25, 0.3) is 0 Å². The summed E-state index contributed by atoms with van der Waals surface area (Å²) >= 11 is 0. The highest BCUT2D eigenvalue weighted by atomic mass is 16.6. The fraction of sp³-hybridized carbons (Fsp3) is 0.276. The van der Waals surface area contributed by atoms with Gasteiger partial charge in [-0.3, -0.25) is 9.69 Å². The molecule has 1 aliphatic heterocycles. The van der Waals surface area contributed by atoms with E-state index in [2.05, 4.69) is 29.6 Å². The van der Waals surface area contributed by atoms with Gasteiger partial charge < -0.3 is 15.2 Å². The Labute approximate surface area is 209 Å². The zero-order valence-electron chi connectivity index (χ0n) is 19.8. The molecule has 2 aliphatic rings. The maximum Gasteiger partial charge on any atom is 0.410 e. The van der Waals surface area contributed by atoms with Gasteiger partial charge in [-0.2, -0.15) is 0 Å². The van der Waals surface area contributed by atoms with Crippen molar-refractivity contribution in [2.75, 3.05) is 13.2 Å². The summed E-state index contributed by atoms with van der Waals surface area (Å²) < 4.78 is 5.74. The summed E-state index contributed by atoms with van der Waals surface area (Å²) in [5.74, 6) is -1.65. The van der Waals surface area contributed by atoms with E-state index in [1.54, 1.807) is 0 Å². The van der Waals surface area contributed by atoms with Gasteiger partial charge in [0.1, 0.15) is 18.7 Å². The van der Waals surface area contributed by atoms with Crippen molar-refractivity contribution in [1.82, 2.24) is 10.2 Å². The van der Waals surface area contributed by atoms with Crippen LogP contribution < -0.4 is 5.32 Å². The van der Waals surface area contributed by atoms with Crippen LogP contribution in [0.25, 0.3) is 11.1 Å². The molecule has 3 aromatic rings.